The number of carbonyl (C=O) groups is 1. The number of carbonyl (C=O) groups excluding carboxylic acids is 1. The molecule has 3 N–H and O–H groups in total. The van der Waals surface area contributed by atoms with E-state index in [2.05, 4.69) is 10.4 Å². The summed E-state index contributed by atoms with van der Waals surface area (Å²) < 4.78 is 1.68. The third-order valence-electron chi connectivity index (χ3n) is 4.01. The number of rotatable bonds is 4. The molecular formula is C16H20N4O. The number of amides is 1. The molecule has 1 aromatic carbocycles. The average molecular weight is 284 g/mol. The Labute approximate surface area is 124 Å². The maximum Gasteiger partial charge on any atom is 0.271 e. The van der Waals surface area contributed by atoms with E-state index in [1.54, 1.807) is 16.9 Å². The normalized spacial score (nSPS) is 15.2. The second kappa shape index (κ2) is 5.99. The summed E-state index contributed by atoms with van der Waals surface area (Å²) in [7, 11) is 0. The van der Waals surface area contributed by atoms with Gasteiger partial charge >= 0.3 is 0 Å². The molecule has 5 nitrogen and oxygen atoms in total. The summed E-state index contributed by atoms with van der Waals surface area (Å²) in [5.41, 5.74) is 7.71. The molecule has 1 amide bonds. The SMILES string of the molecule is Nc1ccc(-n2ccc(C(=O)NCC3CCCC3)n2)cc1. The Kier molecular flexibility index (Phi) is 3.90. The van der Waals surface area contributed by atoms with E-state index in [-0.39, 0.29) is 5.91 Å². The van der Waals surface area contributed by atoms with Crippen molar-refractivity contribution in [1.29, 1.82) is 0 Å². The fourth-order valence-electron chi connectivity index (χ4n) is 2.76. The van der Waals surface area contributed by atoms with Crippen molar-refractivity contribution in [2.75, 3.05) is 12.3 Å². The maximum atomic E-state index is 12.1. The Morgan fingerprint density at radius 3 is 2.67 bits per heavy atom. The Morgan fingerprint density at radius 1 is 1.24 bits per heavy atom. The number of nitrogen functional groups attached to an aromatic ring is 1. The van der Waals surface area contributed by atoms with Crippen LogP contribution >= 0.6 is 0 Å². The van der Waals surface area contributed by atoms with Gasteiger partial charge in [-0.25, -0.2) is 4.68 Å². The van der Waals surface area contributed by atoms with Gasteiger partial charge in [0.1, 0.15) is 0 Å². The van der Waals surface area contributed by atoms with Crippen molar-refractivity contribution in [3.05, 3.63) is 42.2 Å². The molecule has 0 aliphatic heterocycles. The average Bonchev–Trinajstić information content (AvgIpc) is 3.17. The van der Waals surface area contributed by atoms with Crippen molar-refractivity contribution < 1.29 is 4.79 Å². The highest BCUT2D eigenvalue weighted by Gasteiger charge is 2.17. The van der Waals surface area contributed by atoms with Crippen LogP contribution in [0.2, 0.25) is 0 Å². The van der Waals surface area contributed by atoms with Crippen LogP contribution in [0.3, 0.4) is 0 Å². The lowest BCUT2D eigenvalue weighted by molar-refractivity contribution is 0.0942. The number of hydrogen-bond donors (Lipinski definition) is 2. The van der Waals surface area contributed by atoms with E-state index < -0.39 is 0 Å². The zero-order chi connectivity index (χ0) is 14.7. The van der Waals surface area contributed by atoms with Crippen molar-refractivity contribution >= 4 is 11.6 Å². The summed E-state index contributed by atoms with van der Waals surface area (Å²) >= 11 is 0. The number of anilines is 1. The first kappa shape index (κ1) is 13.7. The zero-order valence-corrected chi connectivity index (χ0v) is 12.0. The van der Waals surface area contributed by atoms with Crippen LogP contribution in [0, 0.1) is 5.92 Å². The van der Waals surface area contributed by atoms with Gasteiger partial charge in [-0.15, -0.1) is 0 Å². The van der Waals surface area contributed by atoms with Crippen LogP contribution in [0.4, 0.5) is 5.69 Å². The third kappa shape index (κ3) is 3.24. The predicted molar refractivity (Wildman–Crippen MR) is 82.3 cm³/mol. The van der Waals surface area contributed by atoms with Crippen LogP contribution in [0.25, 0.3) is 5.69 Å². The minimum Gasteiger partial charge on any atom is -0.399 e. The molecule has 2 aromatic rings. The zero-order valence-electron chi connectivity index (χ0n) is 12.0. The number of nitrogens with two attached hydrogens (primary N) is 1. The Hall–Kier alpha value is -2.30. The topological polar surface area (TPSA) is 72.9 Å². The highest BCUT2D eigenvalue weighted by atomic mass is 16.1. The van der Waals surface area contributed by atoms with Gasteiger partial charge in [0.25, 0.3) is 5.91 Å². The number of nitrogens with one attached hydrogen (secondary N) is 1. The van der Waals surface area contributed by atoms with E-state index in [1.807, 2.05) is 24.3 Å². The summed E-state index contributed by atoms with van der Waals surface area (Å²) in [6.07, 6.45) is 6.80. The molecule has 0 spiro atoms. The molecule has 0 saturated heterocycles. The molecule has 5 heteroatoms. The molecule has 1 saturated carbocycles. The van der Waals surface area contributed by atoms with Gasteiger partial charge in [-0.05, 0) is 49.1 Å². The van der Waals surface area contributed by atoms with Gasteiger partial charge in [-0.3, -0.25) is 4.79 Å². The Morgan fingerprint density at radius 2 is 1.95 bits per heavy atom. The maximum absolute atomic E-state index is 12.1. The first-order valence-electron chi connectivity index (χ1n) is 7.42. The van der Waals surface area contributed by atoms with Gasteiger partial charge in [-0.1, -0.05) is 12.8 Å². The van der Waals surface area contributed by atoms with Crippen LogP contribution in [-0.4, -0.2) is 22.2 Å². The van der Waals surface area contributed by atoms with Crippen molar-refractivity contribution in [3.63, 3.8) is 0 Å². The summed E-state index contributed by atoms with van der Waals surface area (Å²) in [6, 6.07) is 9.12. The lowest BCUT2D eigenvalue weighted by atomic mass is 10.1. The van der Waals surface area contributed by atoms with Gasteiger partial charge in [0.2, 0.25) is 0 Å². The molecule has 0 radical (unpaired) electrons. The van der Waals surface area contributed by atoms with Crippen LogP contribution in [0.1, 0.15) is 36.2 Å². The second-order valence-corrected chi connectivity index (χ2v) is 5.60. The number of nitrogens with zero attached hydrogens (tertiary/aromatic N) is 2. The van der Waals surface area contributed by atoms with Gasteiger partial charge in [-0.2, -0.15) is 5.10 Å². The van der Waals surface area contributed by atoms with Gasteiger partial charge < -0.3 is 11.1 Å². The Balaban J connectivity index is 1.63. The number of aromatic nitrogens is 2. The third-order valence-corrected chi connectivity index (χ3v) is 4.01. The molecule has 0 unspecified atom stereocenters. The van der Waals surface area contributed by atoms with Crippen molar-refractivity contribution in [2.45, 2.75) is 25.7 Å². The second-order valence-electron chi connectivity index (χ2n) is 5.60. The molecular weight excluding hydrogens is 264 g/mol. The summed E-state index contributed by atoms with van der Waals surface area (Å²) in [6.45, 7) is 0.758. The highest BCUT2D eigenvalue weighted by Crippen LogP contribution is 2.23. The largest absolute Gasteiger partial charge is 0.399 e. The molecule has 3 rings (SSSR count). The fraction of sp³-hybridized carbons (Fsp3) is 0.375. The standard InChI is InChI=1S/C16H20N4O/c17-13-5-7-14(8-6-13)20-10-9-15(19-20)16(21)18-11-12-3-1-2-4-12/h5-10,12H,1-4,11,17H2,(H,18,21). The van der Waals surface area contributed by atoms with Gasteiger partial charge in [0, 0.05) is 18.4 Å². The van der Waals surface area contributed by atoms with Crippen LogP contribution in [0.15, 0.2) is 36.5 Å². The smallest absolute Gasteiger partial charge is 0.271 e. The molecule has 1 fully saturated rings. The first-order chi connectivity index (χ1) is 10.2. The number of benzene rings is 1. The highest BCUT2D eigenvalue weighted by molar-refractivity contribution is 5.92. The van der Waals surface area contributed by atoms with E-state index in [1.165, 1.54) is 25.7 Å². The van der Waals surface area contributed by atoms with Crippen molar-refractivity contribution in [3.8, 4) is 5.69 Å². The summed E-state index contributed by atoms with van der Waals surface area (Å²) in [5.74, 6) is 0.532. The van der Waals surface area contributed by atoms with E-state index in [9.17, 15) is 4.79 Å². The van der Waals surface area contributed by atoms with Gasteiger partial charge in [0.15, 0.2) is 5.69 Å². The molecule has 1 aromatic heterocycles. The first-order valence-corrected chi connectivity index (χ1v) is 7.42. The van der Waals surface area contributed by atoms with E-state index in [4.69, 9.17) is 5.73 Å². The van der Waals surface area contributed by atoms with E-state index in [0.717, 1.165) is 12.2 Å². The van der Waals surface area contributed by atoms with Crippen molar-refractivity contribution in [2.24, 2.45) is 5.92 Å². The number of hydrogen-bond acceptors (Lipinski definition) is 3. The molecule has 0 bridgehead atoms. The van der Waals surface area contributed by atoms with Gasteiger partial charge in [0.05, 0.1) is 5.69 Å². The minimum absolute atomic E-state index is 0.101. The minimum atomic E-state index is -0.101. The molecule has 1 aliphatic rings. The van der Waals surface area contributed by atoms with Crippen LogP contribution < -0.4 is 11.1 Å². The van der Waals surface area contributed by atoms with E-state index in [0.29, 0.717) is 17.3 Å². The molecule has 1 aliphatic carbocycles. The fourth-order valence-corrected chi connectivity index (χ4v) is 2.76. The van der Waals surface area contributed by atoms with E-state index >= 15 is 0 Å². The van der Waals surface area contributed by atoms with Crippen LogP contribution in [0.5, 0.6) is 0 Å². The Bertz CT molecular complexity index is 611. The predicted octanol–water partition coefficient (Wildman–Crippen LogP) is 2.37. The molecule has 0 atom stereocenters. The van der Waals surface area contributed by atoms with Crippen molar-refractivity contribution in [1.82, 2.24) is 15.1 Å². The quantitative estimate of drug-likeness (QED) is 0.847. The summed E-state index contributed by atoms with van der Waals surface area (Å²) in [4.78, 5) is 12.1. The van der Waals surface area contributed by atoms with Crippen LogP contribution in [-0.2, 0) is 0 Å². The monoisotopic (exact) mass is 284 g/mol. The molecule has 21 heavy (non-hydrogen) atoms. The summed E-state index contributed by atoms with van der Waals surface area (Å²) in [5, 5.41) is 7.30. The molecule has 110 valence electrons. The lowest BCUT2D eigenvalue weighted by Crippen LogP contribution is -2.28. The lowest BCUT2D eigenvalue weighted by Gasteiger charge is -2.09. The molecule has 1 heterocycles.